The molecule has 2 N–H and O–H groups in total. The van der Waals surface area contributed by atoms with Crippen molar-refractivity contribution in [1.29, 1.82) is 0 Å². The molecule has 5 nitrogen and oxygen atoms in total. The molecule has 0 bridgehead atoms. The van der Waals surface area contributed by atoms with Crippen molar-refractivity contribution in [2.24, 2.45) is 0 Å². The second-order valence-electron chi connectivity index (χ2n) is 3.78. The fourth-order valence-corrected chi connectivity index (χ4v) is 0.945. The molecule has 0 aliphatic rings. The monoisotopic (exact) mass is 226 g/mol. The lowest BCUT2D eigenvalue weighted by Crippen LogP contribution is -2.49. The Hall–Kier alpha value is -1.98. The average Bonchev–Trinajstić information content (AvgIpc) is 2.16. The highest BCUT2D eigenvalue weighted by atomic mass is 19.1. The Labute approximate surface area is 91.3 Å². The number of carbonyl (C=O) groups excluding carboxylic acids is 1. The Morgan fingerprint density at radius 1 is 1.44 bits per heavy atom. The van der Waals surface area contributed by atoms with Crippen LogP contribution < -0.4 is 5.32 Å². The molecule has 1 aromatic rings. The second-order valence-corrected chi connectivity index (χ2v) is 3.78. The molecule has 1 amide bonds. The van der Waals surface area contributed by atoms with Gasteiger partial charge in [-0.05, 0) is 19.9 Å². The summed E-state index contributed by atoms with van der Waals surface area (Å²) in [5, 5.41) is 11.0. The summed E-state index contributed by atoms with van der Waals surface area (Å²) in [4.78, 5) is 25.8. The maximum atomic E-state index is 12.8. The van der Waals surface area contributed by atoms with Crippen LogP contribution in [-0.4, -0.2) is 27.5 Å². The van der Waals surface area contributed by atoms with Crippen LogP contribution in [0.5, 0.6) is 0 Å². The number of hydrogen-bond acceptors (Lipinski definition) is 3. The van der Waals surface area contributed by atoms with E-state index in [1.54, 1.807) is 0 Å². The van der Waals surface area contributed by atoms with E-state index in [9.17, 15) is 14.0 Å². The van der Waals surface area contributed by atoms with Crippen molar-refractivity contribution in [2.45, 2.75) is 19.4 Å². The SMILES string of the molecule is CC(C)(NC(=O)c1cncc(F)c1)C(=O)O. The maximum absolute atomic E-state index is 12.8. The molecule has 16 heavy (non-hydrogen) atoms. The number of carboxylic acid groups (broad SMARTS) is 1. The molecule has 1 aromatic heterocycles. The Bertz CT molecular complexity index is 432. The molecule has 0 aliphatic carbocycles. The Balaban J connectivity index is 2.85. The van der Waals surface area contributed by atoms with Crippen LogP contribution >= 0.6 is 0 Å². The van der Waals surface area contributed by atoms with Gasteiger partial charge >= 0.3 is 5.97 Å². The first kappa shape index (κ1) is 12.1. The van der Waals surface area contributed by atoms with Gasteiger partial charge < -0.3 is 10.4 Å². The molecule has 0 unspecified atom stereocenters. The van der Waals surface area contributed by atoms with Gasteiger partial charge in [0.05, 0.1) is 11.8 Å². The third-order valence-electron chi connectivity index (χ3n) is 1.93. The third-order valence-corrected chi connectivity index (χ3v) is 1.93. The summed E-state index contributed by atoms with van der Waals surface area (Å²) in [5.74, 6) is -2.51. The molecule has 86 valence electrons. The van der Waals surface area contributed by atoms with E-state index in [0.29, 0.717) is 0 Å². The van der Waals surface area contributed by atoms with E-state index in [4.69, 9.17) is 5.11 Å². The first-order chi connectivity index (χ1) is 7.33. The van der Waals surface area contributed by atoms with Crippen LogP contribution in [0.25, 0.3) is 0 Å². The van der Waals surface area contributed by atoms with E-state index in [2.05, 4.69) is 10.3 Å². The second kappa shape index (κ2) is 4.26. The number of nitrogens with one attached hydrogen (secondary N) is 1. The summed E-state index contributed by atoms with van der Waals surface area (Å²) < 4.78 is 12.8. The molecule has 6 heteroatoms. The van der Waals surface area contributed by atoms with E-state index < -0.39 is 23.2 Å². The van der Waals surface area contributed by atoms with Gasteiger partial charge in [0.2, 0.25) is 0 Å². The molecule has 1 rings (SSSR count). The van der Waals surface area contributed by atoms with Gasteiger partial charge in [0.15, 0.2) is 0 Å². The van der Waals surface area contributed by atoms with Gasteiger partial charge in [-0.25, -0.2) is 9.18 Å². The van der Waals surface area contributed by atoms with Crippen LogP contribution in [0.15, 0.2) is 18.5 Å². The number of pyridine rings is 1. The zero-order chi connectivity index (χ0) is 12.3. The van der Waals surface area contributed by atoms with Crippen LogP contribution in [0.3, 0.4) is 0 Å². The fourth-order valence-electron chi connectivity index (χ4n) is 0.945. The van der Waals surface area contributed by atoms with E-state index in [1.165, 1.54) is 13.8 Å². The predicted molar refractivity (Wildman–Crippen MR) is 53.4 cm³/mol. The van der Waals surface area contributed by atoms with Crippen LogP contribution in [0.1, 0.15) is 24.2 Å². The largest absolute Gasteiger partial charge is 0.480 e. The first-order valence-electron chi connectivity index (χ1n) is 4.49. The molecule has 1 heterocycles. The lowest BCUT2D eigenvalue weighted by molar-refractivity contribution is -0.143. The smallest absolute Gasteiger partial charge is 0.328 e. The van der Waals surface area contributed by atoms with Crippen molar-refractivity contribution in [3.05, 3.63) is 29.8 Å². The van der Waals surface area contributed by atoms with Crippen molar-refractivity contribution in [3.63, 3.8) is 0 Å². The lowest BCUT2D eigenvalue weighted by atomic mass is 10.1. The highest BCUT2D eigenvalue weighted by Crippen LogP contribution is 2.06. The average molecular weight is 226 g/mol. The molecule has 0 fully saturated rings. The quantitative estimate of drug-likeness (QED) is 0.799. The van der Waals surface area contributed by atoms with Crippen LogP contribution in [0.4, 0.5) is 4.39 Å². The molecular formula is C10H11FN2O3. The van der Waals surface area contributed by atoms with Gasteiger partial charge in [0.25, 0.3) is 5.91 Å². The standard InChI is InChI=1S/C10H11FN2O3/c1-10(2,9(15)16)13-8(14)6-3-7(11)5-12-4-6/h3-5H,1-2H3,(H,13,14)(H,15,16). The Kier molecular flexibility index (Phi) is 3.22. The Morgan fingerprint density at radius 3 is 2.56 bits per heavy atom. The summed E-state index contributed by atoms with van der Waals surface area (Å²) >= 11 is 0. The van der Waals surface area contributed by atoms with Gasteiger partial charge in [0, 0.05) is 6.20 Å². The molecule has 0 radical (unpaired) electrons. The van der Waals surface area contributed by atoms with E-state index in [0.717, 1.165) is 18.5 Å². The van der Waals surface area contributed by atoms with Crippen molar-refractivity contribution in [1.82, 2.24) is 10.3 Å². The number of halogens is 1. The fraction of sp³-hybridized carbons (Fsp3) is 0.300. The number of amides is 1. The molecule has 0 aromatic carbocycles. The molecule has 0 saturated heterocycles. The number of rotatable bonds is 3. The van der Waals surface area contributed by atoms with E-state index in [1.807, 2.05) is 0 Å². The predicted octanol–water partition coefficient (Wildman–Crippen LogP) is 0.814. The summed E-state index contributed by atoms with van der Waals surface area (Å²) in [6.07, 6.45) is 2.12. The molecule has 0 atom stereocenters. The number of carboxylic acids is 1. The number of aromatic nitrogens is 1. The third kappa shape index (κ3) is 2.75. The van der Waals surface area contributed by atoms with Gasteiger partial charge in [-0.2, -0.15) is 0 Å². The molecular weight excluding hydrogens is 215 g/mol. The number of aliphatic carboxylic acids is 1. The number of carbonyl (C=O) groups is 2. The highest BCUT2D eigenvalue weighted by Gasteiger charge is 2.29. The summed E-state index contributed by atoms with van der Waals surface area (Å²) in [7, 11) is 0. The van der Waals surface area contributed by atoms with Crippen molar-refractivity contribution in [3.8, 4) is 0 Å². The molecule has 0 spiro atoms. The van der Waals surface area contributed by atoms with Crippen LogP contribution in [0, 0.1) is 5.82 Å². The number of hydrogen-bond donors (Lipinski definition) is 2. The highest BCUT2D eigenvalue weighted by molar-refractivity contribution is 5.97. The number of nitrogens with zero attached hydrogens (tertiary/aromatic N) is 1. The topological polar surface area (TPSA) is 79.3 Å². The molecule has 0 aliphatic heterocycles. The van der Waals surface area contributed by atoms with Gasteiger partial charge in [-0.1, -0.05) is 0 Å². The minimum absolute atomic E-state index is 0.0191. The van der Waals surface area contributed by atoms with Crippen LogP contribution in [-0.2, 0) is 4.79 Å². The van der Waals surface area contributed by atoms with E-state index >= 15 is 0 Å². The van der Waals surface area contributed by atoms with Crippen molar-refractivity contribution in [2.75, 3.05) is 0 Å². The van der Waals surface area contributed by atoms with Gasteiger partial charge in [-0.15, -0.1) is 0 Å². The van der Waals surface area contributed by atoms with E-state index in [-0.39, 0.29) is 5.56 Å². The normalized spacial score (nSPS) is 10.9. The zero-order valence-electron chi connectivity index (χ0n) is 8.82. The summed E-state index contributed by atoms with van der Waals surface area (Å²) in [6.45, 7) is 2.67. The summed E-state index contributed by atoms with van der Waals surface area (Å²) in [5.41, 5.74) is -1.43. The van der Waals surface area contributed by atoms with Crippen molar-refractivity contribution >= 4 is 11.9 Å². The van der Waals surface area contributed by atoms with Gasteiger partial charge in [-0.3, -0.25) is 9.78 Å². The minimum Gasteiger partial charge on any atom is -0.480 e. The zero-order valence-corrected chi connectivity index (χ0v) is 8.82. The minimum atomic E-state index is -1.41. The first-order valence-corrected chi connectivity index (χ1v) is 4.49. The van der Waals surface area contributed by atoms with Crippen molar-refractivity contribution < 1.29 is 19.1 Å². The lowest BCUT2D eigenvalue weighted by Gasteiger charge is -2.20. The van der Waals surface area contributed by atoms with Crippen LogP contribution in [0.2, 0.25) is 0 Å². The van der Waals surface area contributed by atoms with Gasteiger partial charge in [0.1, 0.15) is 11.4 Å². The maximum Gasteiger partial charge on any atom is 0.328 e. The molecule has 0 saturated carbocycles. The Morgan fingerprint density at radius 2 is 2.06 bits per heavy atom. The summed E-state index contributed by atoms with van der Waals surface area (Å²) in [6, 6.07) is 0.986.